The molecular weight excluding hydrogens is 241 g/mol. The summed E-state index contributed by atoms with van der Waals surface area (Å²) in [5.41, 5.74) is 0.0200. The van der Waals surface area contributed by atoms with Gasteiger partial charge in [0.1, 0.15) is 11.5 Å². The standard InChI is InChI=1S/C11H14FN3O3/c1-3-13-11(16)6-14-9-4-7(2)8(12)5-10(9)15(17)18/h4-5,14H,3,6H2,1-2H3,(H,13,16). The van der Waals surface area contributed by atoms with E-state index in [1.165, 1.54) is 13.0 Å². The number of halogens is 1. The van der Waals surface area contributed by atoms with E-state index in [-0.39, 0.29) is 29.4 Å². The fourth-order valence-corrected chi connectivity index (χ4v) is 1.40. The van der Waals surface area contributed by atoms with Crippen LogP contribution in [-0.4, -0.2) is 23.9 Å². The highest BCUT2D eigenvalue weighted by Gasteiger charge is 2.17. The van der Waals surface area contributed by atoms with Crippen LogP contribution in [-0.2, 0) is 4.79 Å². The Kier molecular flexibility index (Phi) is 4.59. The molecule has 0 radical (unpaired) electrons. The van der Waals surface area contributed by atoms with Crippen LogP contribution in [0.4, 0.5) is 15.8 Å². The van der Waals surface area contributed by atoms with Crippen LogP contribution in [0.1, 0.15) is 12.5 Å². The van der Waals surface area contributed by atoms with Crippen LogP contribution >= 0.6 is 0 Å². The van der Waals surface area contributed by atoms with Gasteiger partial charge in [0.25, 0.3) is 5.69 Å². The number of hydrogen-bond donors (Lipinski definition) is 2. The van der Waals surface area contributed by atoms with E-state index in [4.69, 9.17) is 0 Å². The van der Waals surface area contributed by atoms with Crippen LogP contribution in [0.2, 0.25) is 0 Å². The zero-order chi connectivity index (χ0) is 13.7. The molecule has 18 heavy (non-hydrogen) atoms. The van der Waals surface area contributed by atoms with Crippen molar-refractivity contribution in [2.24, 2.45) is 0 Å². The molecule has 0 aliphatic carbocycles. The normalized spacial score (nSPS) is 9.94. The first-order valence-corrected chi connectivity index (χ1v) is 5.40. The van der Waals surface area contributed by atoms with E-state index in [1.807, 2.05) is 0 Å². The Morgan fingerprint density at radius 3 is 2.72 bits per heavy atom. The lowest BCUT2D eigenvalue weighted by Gasteiger charge is -2.08. The second kappa shape index (κ2) is 5.95. The van der Waals surface area contributed by atoms with Gasteiger partial charge in [-0.2, -0.15) is 0 Å². The van der Waals surface area contributed by atoms with Gasteiger partial charge in [-0.05, 0) is 25.5 Å². The van der Waals surface area contributed by atoms with E-state index in [0.29, 0.717) is 6.54 Å². The number of anilines is 1. The SMILES string of the molecule is CCNC(=O)CNc1cc(C)c(F)cc1[N+](=O)[O-]. The van der Waals surface area contributed by atoms with Gasteiger partial charge in [0.2, 0.25) is 5.91 Å². The maximum Gasteiger partial charge on any atom is 0.295 e. The second-order valence-corrected chi connectivity index (χ2v) is 3.68. The van der Waals surface area contributed by atoms with Gasteiger partial charge >= 0.3 is 0 Å². The highest BCUT2D eigenvalue weighted by molar-refractivity contribution is 5.81. The number of nitro benzene ring substituents is 1. The minimum atomic E-state index is -0.692. The predicted molar refractivity (Wildman–Crippen MR) is 65.0 cm³/mol. The minimum Gasteiger partial charge on any atom is -0.371 e. The first-order chi connectivity index (χ1) is 8.45. The van der Waals surface area contributed by atoms with Crippen molar-refractivity contribution in [3.05, 3.63) is 33.6 Å². The highest BCUT2D eigenvalue weighted by Crippen LogP contribution is 2.27. The van der Waals surface area contributed by atoms with Crippen molar-refractivity contribution in [1.29, 1.82) is 0 Å². The molecule has 1 aromatic rings. The van der Waals surface area contributed by atoms with Gasteiger partial charge < -0.3 is 10.6 Å². The Balaban J connectivity index is 2.90. The largest absolute Gasteiger partial charge is 0.371 e. The van der Waals surface area contributed by atoms with Crippen LogP contribution in [0.25, 0.3) is 0 Å². The third-order valence-electron chi connectivity index (χ3n) is 2.29. The van der Waals surface area contributed by atoms with Crippen molar-refractivity contribution in [3.8, 4) is 0 Å². The Morgan fingerprint density at radius 2 is 2.17 bits per heavy atom. The molecule has 0 aliphatic heterocycles. The summed E-state index contributed by atoms with van der Waals surface area (Å²) in [5.74, 6) is -0.931. The summed E-state index contributed by atoms with van der Waals surface area (Å²) in [7, 11) is 0. The van der Waals surface area contributed by atoms with Crippen LogP contribution in [0.15, 0.2) is 12.1 Å². The van der Waals surface area contributed by atoms with E-state index in [9.17, 15) is 19.3 Å². The number of hydrogen-bond acceptors (Lipinski definition) is 4. The molecule has 98 valence electrons. The molecule has 6 nitrogen and oxygen atoms in total. The van der Waals surface area contributed by atoms with Gasteiger partial charge in [-0.3, -0.25) is 14.9 Å². The van der Waals surface area contributed by atoms with Gasteiger partial charge in [0.15, 0.2) is 0 Å². The second-order valence-electron chi connectivity index (χ2n) is 3.68. The number of nitro groups is 1. The van der Waals surface area contributed by atoms with Crippen molar-refractivity contribution >= 4 is 17.3 Å². The number of nitrogens with one attached hydrogen (secondary N) is 2. The average molecular weight is 255 g/mol. The summed E-state index contributed by atoms with van der Waals surface area (Å²) < 4.78 is 13.2. The molecule has 0 unspecified atom stereocenters. The first kappa shape index (κ1) is 13.9. The molecule has 0 saturated carbocycles. The minimum absolute atomic E-state index is 0.0975. The van der Waals surface area contributed by atoms with E-state index in [2.05, 4.69) is 10.6 Å². The zero-order valence-corrected chi connectivity index (χ0v) is 10.1. The van der Waals surface area contributed by atoms with Crippen LogP contribution in [0.5, 0.6) is 0 Å². The van der Waals surface area contributed by atoms with E-state index in [1.54, 1.807) is 6.92 Å². The number of carbonyl (C=O) groups is 1. The maximum atomic E-state index is 13.2. The Morgan fingerprint density at radius 1 is 1.50 bits per heavy atom. The number of carbonyl (C=O) groups excluding carboxylic acids is 1. The zero-order valence-electron chi connectivity index (χ0n) is 10.1. The molecule has 0 spiro atoms. The molecule has 2 N–H and O–H groups in total. The molecule has 1 aromatic carbocycles. The third kappa shape index (κ3) is 3.41. The summed E-state index contributed by atoms with van der Waals surface area (Å²) in [4.78, 5) is 21.3. The number of rotatable bonds is 5. The van der Waals surface area contributed by atoms with Gasteiger partial charge in [-0.1, -0.05) is 0 Å². The number of likely N-dealkylation sites (N-methyl/N-ethyl adjacent to an activating group) is 1. The molecule has 0 heterocycles. The Hall–Kier alpha value is -2.18. The monoisotopic (exact) mass is 255 g/mol. The van der Waals surface area contributed by atoms with Gasteiger partial charge in [0.05, 0.1) is 17.5 Å². The lowest BCUT2D eigenvalue weighted by molar-refractivity contribution is -0.384. The van der Waals surface area contributed by atoms with Gasteiger partial charge in [-0.15, -0.1) is 0 Å². The lowest BCUT2D eigenvalue weighted by atomic mass is 10.2. The third-order valence-corrected chi connectivity index (χ3v) is 2.29. The number of amides is 1. The molecule has 1 amide bonds. The topological polar surface area (TPSA) is 84.3 Å². The summed E-state index contributed by atoms with van der Waals surface area (Å²) >= 11 is 0. The van der Waals surface area contributed by atoms with E-state index in [0.717, 1.165) is 6.07 Å². The summed E-state index contributed by atoms with van der Waals surface area (Å²) in [6.07, 6.45) is 0. The summed E-state index contributed by atoms with van der Waals surface area (Å²) in [6.45, 7) is 3.64. The quantitative estimate of drug-likeness (QED) is 0.618. The van der Waals surface area contributed by atoms with Crippen molar-refractivity contribution in [2.45, 2.75) is 13.8 Å². The van der Waals surface area contributed by atoms with Crippen LogP contribution in [0, 0.1) is 22.9 Å². The first-order valence-electron chi connectivity index (χ1n) is 5.40. The molecule has 0 saturated heterocycles. The molecule has 1 rings (SSSR count). The Bertz CT molecular complexity index is 477. The average Bonchev–Trinajstić information content (AvgIpc) is 2.30. The molecule has 0 aliphatic rings. The lowest BCUT2D eigenvalue weighted by Crippen LogP contribution is -2.29. The fraction of sp³-hybridized carbons (Fsp3) is 0.364. The molecule has 0 aromatic heterocycles. The van der Waals surface area contributed by atoms with Crippen LogP contribution < -0.4 is 10.6 Å². The van der Waals surface area contributed by atoms with Crippen molar-refractivity contribution in [3.63, 3.8) is 0 Å². The fourth-order valence-electron chi connectivity index (χ4n) is 1.40. The van der Waals surface area contributed by atoms with Crippen molar-refractivity contribution in [1.82, 2.24) is 5.32 Å². The van der Waals surface area contributed by atoms with Crippen molar-refractivity contribution in [2.75, 3.05) is 18.4 Å². The van der Waals surface area contributed by atoms with Gasteiger partial charge in [0, 0.05) is 6.54 Å². The summed E-state index contributed by atoms with van der Waals surface area (Å²) in [5, 5.41) is 15.9. The molecule has 0 atom stereocenters. The van der Waals surface area contributed by atoms with Crippen molar-refractivity contribution < 1.29 is 14.1 Å². The molecule has 7 heteroatoms. The molecular formula is C11H14FN3O3. The number of nitrogens with zero attached hydrogens (tertiary/aromatic N) is 1. The number of aryl methyl sites for hydroxylation is 1. The smallest absolute Gasteiger partial charge is 0.295 e. The van der Waals surface area contributed by atoms with Gasteiger partial charge in [-0.25, -0.2) is 4.39 Å². The molecule has 0 bridgehead atoms. The number of benzene rings is 1. The Labute approximate surface area is 103 Å². The summed E-state index contributed by atoms with van der Waals surface area (Å²) in [6, 6.07) is 2.15. The van der Waals surface area contributed by atoms with E-state index < -0.39 is 10.7 Å². The predicted octanol–water partition coefficient (Wildman–Crippen LogP) is 1.59. The maximum absolute atomic E-state index is 13.2. The van der Waals surface area contributed by atoms with E-state index >= 15 is 0 Å². The highest BCUT2D eigenvalue weighted by atomic mass is 19.1. The van der Waals surface area contributed by atoms with Crippen LogP contribution in [0.3, 0.4) is 0 Å². The molecule has 0 fully saturated rings.